The molecule has 0 saturated heterocycles. The summed E-state index contributed by atoms with van der Waals surface area (Å²) >= 11 is 0. The largest absolute Gasteiger partial charge is 0.504 e. The highest BCUT2D eigenvalue weighted by Gasteiger charge is 2.13. The van der Waals surface area contributed by atoms with Gasteiger partial charge in [0.05, 0.1) is 43.1 Å². The zero-order valence-corrected chi connectivity index (χ0v) is 50.9. The Balaban J connectivity index is 1.51. The Labute approximate surface area is 484 Å². The molecule has 4 rings (SSSR count). The fourth-order valence-electron chi connectivity index (χ4n) is 10.4. The van der Waals surface area contributed by atoms with Crippen molar-refractivity contribution in [3.05, 3.63) is 83.0 Å². The van der Waals surface area contributed by atoms with Gasteiger partial charge in [-0.05, 0) is 80.3 Å². The number of benzene rings is 3. The smallest absolute Gasteiger partial charge is 0.157 e. The van der Waals surface area contributed by atoms with Crippen LogP contribution >= 0.6 is 0 Å². The Morgan fingerprint density at radius 2 is 0.633 bits per heavy atom. The van der Waals surface area contributed by atoms with Gasteiger partial charge in [0.15, 0.2) is 5.75 Å². The van der Waals surface area contributed by atoms with Crippen molar-refractivity contribution in [2.24, 2.45) is 0 Å². The van der Waals surface area contributed by atoms with Gasteiger partial charge in [-0.2, -0.15) is 0 Å². The maximum absolute atomic E-state index is 11.8. The summed E-state index contributed by atoms with van der Waals surface area (Å²) in [6.07, 6.45) is 53.0. The minimum absolute atomic E-state index is 0.0396. The van der Waals surface area contributed by atoms with Gasteiger partial charge in [0, 0.05) is 17.1 Å². The summed E-state index contributed by atoms with van der Waals surface area (Å²) < 4.78 is 25.6. The average molecular weight is 1080 g/mol. The summed E-state index contributed by atoms with van der Waals surface area (Å²) in [6, 6.07) is 17.8. The number of rotatable bonds is 48. The topological polar surface area (TPSA) is 70.0 Å². The van der Waals surface area contributed by atoms with E-state index in [2.05, 4.69) is 56.4 Å². The molecule has 0 spiro atoms. The number of aromatic nitrogens is 1. The van der Waals surface area contributed by atoms with Gasteiger partial charge >= 0.3 is 0 Å². The summed E-state index contributed by atoms with van der Waals surface area (Å²) in [6.45, 7) is 11.7. The van der Waals surface area contributed by atoms with Crippen LogP contribution in [0, 0.1) is 23.7 Å². The molecule has 0 atom stereocenters. The number of hydrogen-bond acceptors (Lipinski definition) is 6. The number of phenolic OH excluding ortho intramolecular Hbond substituents is 1. The maximum Gasteiger partial charge on any atom is 0.157 e. The van der Waals surface area contributed by atoms with Crippen molar-refractivity contribution in [3.8, 4) is 52.4 Å². The van der Waals surface area contributed by atoms with Gasteiger partial charge in [0.2, 0.25) is 0 Å². The standard InChI is InChI=1S/C73H111NO5/c1-5-9-13-17-21-25-29-33-37-41-56-76-67-51-53-70(78-58-43-39-35-31-27-23-19-15-11-7-3)64(61-67)48-47-63-60-66(73(75)72-69(63)46-45-55-74-72)50-49-65-62-68(77-57-42-38-34-30-26-22-18-14-10-6-2)52-54-71(65)79-59-44-40-36-32-28-24-20-16-12-8-4/h45-46,51-55,60-62,75H,5-44,56-59H2,1-4H3. The van der Waals surface area contributed by atoms with Gasteiger partial charge in [-0.3, -0.25) is 4.98 Å². The summed E-state index contributed by atoms with van der Waals surface area (Å²) in [7, 11) is 0. The zero-order chi connectivity index (χ0) is 55.9. The predicted octanol–water partition coefficient (Wildman–Crippen LogP) is 21.9. The molecule has 79 heavy (non-hydrogen) atoms. The van der Waals surface area contributed by atoms with Gasteiger partial charge in [-0.25, -0.2) is 0 Å². The Morgan fingerprint density at radius 3 is 0.987 bits per heavy atom. The normalized spacial score (nSPS) is 11.1. The van der Waals surface area contributed by atoms with E-state index in [1.54, 1.807) is 6.20 Å². The minimum Gasteiger partial charge on any atom is -0.504 e. The van der Waals surface area contributed by atoms with E-state index >= 15 is 0 Å². The lowest BCUT2D eigenvalue weighted by Gasteiger charge is -2.12. The molecule has 1 N–H and O–H groups in total. The number of ether oxygens (including phenoxy) is 4. The molecule has 4 aromatic rings. The lowest BCUT2D eigenvalue weighted by molar-refractivity contribution is 0.295. The number of aromatic hydroxyl groups is 1. The van der Waals surface area contributed by atoms with E-state index < -0.39 is 0 Å². The molecule has 0 bridgehead atoms. The van der Waals surface area contributed by atoms with Crippen molar-refractivity contribution < 1.29 is 24.1 Å². The number of phenols is 1. The predicted molar refractivity (Wildman–Crippen MR) is 338 cm³/mol. The van der Waals surface area contributed by atoms with E-state index in [0.29, 0.717) is 37.5 Å². The number of unbranched alkanes of at least 4 members (excludes halogenated alkanes) is 36. The van der Waals surface area contributed by atoms with Crippen molar-refractivity contribution in [3.63, 3.8) is 0 Å². The second kappa shape index (κ2) is 45.9. The van der Waals surface area contributed by atoms with Crippen molar-refractivity contribution in [2.45, 2.75) is 285 Å². The van der Waals surface area contributed by atoms with Crippen LogP contribution in [0.2, 0.25) is 0 Å². The first-order valence-corrected chi connectivity index (χ1v) is 33.0. The third-order valence-corrected chi connectivity index (χ3v) is 15.5. The monoisotopic (exact) mass is 1080 g/mol. The summed E-state index contributed by atoms with van der Waals surface area (Å²) in [5, 5.41) is 12.5. The minimum atomic E-state index is 0.0396. The SMILES string of the molecule is CCCCCCCCCCCCOc1ccc(OCCCCCCCCCCCC)c(C#Cc2cc(C#Cc3cc(OCCCCCCCCCCCC)ccc3OCCCCCCCCCCCC)c3cccnc3c2O)c1. The summed E-state index contributed by atoms with van der Waals surface area (Å²) in [4.78, 5) is 4.65. The van der Waals surface area contributed by atoms with Gasteiger partial charge in [-0.15, -0.1) is 0 Å². The van der Waals surface area contributed by atoms with Crippen LogP contribution in [0.15, 0.2) is 60.8 Å². The highest BCUT2D eigenvalue weighted by atomic mass is 16.5. The third-order valence-electron chi connectivity index (χ3n) is 15.5. The van der Waals surface area contributed by atoms with Crippen molar-refractivity contribution in [2.75, 3.05) is 26.4 Å². The molecule has 1 heterocycles. The van der Waals surface area contributed by atoms with E-state index in [-0.39, 0.29) is 5.75 Å². The first-order chi connectivity index (χ1) is 39.1. The lowest BCUT2D eigenvalue weighted by Crippen LogP contribution is -2.01. The Hall–Kier alpha value is -4.81. The number of pyridine rings is 1. The van der Waals surface area contributed by atoms with E-state index in [1.807, 2.05) is 54.6 Å². The van der Waals surface area contributed by atoms with E-state index in [1.165, 1.54) is 218 Å². The van der Waals surface area contributed by atoms with Gasteiger partial charge in [0.1, 0.15) is 28.5 Å². The molecule has 0 aliphatic rings. The lowest BCUT2D eigenvalue weighted by atomic mass is 10.0. The molecule has 1 aromatic heterocycles. The second-order valence-electron chi connectivity index (χ2n) is 22.7. The van der Waals surface area contributed by atoms with Crippen molar-refractivity contribution in [1.29, 1.82) is 0 Å². The fraction of sp³-hybridized carbons (Fsp3) is 0.658. The average Bonchev–Trinajstić information content (AvgIpc) is 3.49. The molecule has 438 valence electrons. The number of hydrogen-bond donors (Lipinski definition) is 1. The number of fused-ring (bicyclic) bond motifs is 1. The molecule has 0 saturated carbocycles. The van der Waals surface area contributed by atoms with Crippen molar-refractivity contribution in [1.82, 2.24) is 4.98 Å². The summed E-state index contributed by atoms with van der Waals surface area (Å²) in [5.41, 5.74) is 3.17. The van der Waals surface area contributed by atoms with E-state index in [4.69, 9.17) is 18.9 Å². The molecule has 0 aliphatic carbocycles. The molecular formula is C73H111NO5. The first kappa shape index (κ1) is 66.7. The molecular weight excluding hydrogens is 971 g/mol. The van der Waals surface area contributed by atoms with Crippen LogP contribution in [-0.4, -0.2) is 36.5 Å². The zero-order valence-electron chi connectivity index (χ0n) is 50.9. The summed E-state index contributed by atoms with van der Waals surface area (Å²) in [5.74, 6) is 16.8. The van der Waals surface area contributed by atoms with Crippen LogP contribution in [-0.2, 0) is 0 Å². The van der Waals surface area contributed by atoms with Crippen LogP contribution in [0.25, 0.3) is 10.9 Å². The highest BCUT2D eigenvalue weighted by Crippen LogP contribution is 2.32. The number of nitrogens with zero attached hydrogens (tertiary/aromatic N) is 1. The molecule has 6 heteroatoms. The van der Waals surface area contributed by atoms with Gasteiger partial charge < -0.3 is 24.1 Å². The van der Waals surface area contributed by atoms with Gasteiger partial charge in [-0.1, -0.05) is 283 Å². The molecule has 3 aromatic carbocycles. The molecule has 0 aliphatic heterocycles. The Morgan fingerprint density at radius 1 is 0.329 bits per heavy atom. The highest BCUT2D eigenvalue weighted by molar-refractivity contribution is 5.92. The first-order valence-electron chi connectivity index (χ1n) is 33.0. The van der Waals surface area contributed by atoms with Crippen LogP contribution < -0.4 is 18.9 Å². The maximum atomic E-state index is 11.8. The Bertz CT molecular complexity index is 2280. The van der Waals surface area contributed by atoms with Crippen LogP contribution in [0.1, 0.15) is 307 Å². The van der Waals surface area contributed by atoms with Crippen LogP contribution in [0.3, 0.4) is 0 Å². The quantitative estimate of drug-likeness (QED) is 0.0351. The van der Waals surface area contributed by atoms with Gasteiger partial charge in [0.25, 0.3) is 0 Å². The fourth-order valence-corrected chi connectivity index (χ4v) is 10.4. The van der Waals surface area contributed by atoms with E-state index in [9.17, 15) is 5.11 Å². The van der Waals surface area contributed by atoms with Crippen molar-refractivity contribution >= 4 is 10.9 Å². The van der Waals surface area contributed by atoms with Crippen LogP contribution in [0.5, 0.6) is 28.7 Å². The third kappa shape index (κ3) is 30.5. The second-order valence-corrected chi connectivity index (χ2v) is 22.7. The van der Waals surface area contributed by atoms with Crippen LogP contribution in [0.4, 0.5) is 0 Å². The van der Waals surface area contributed by atoms with E-state index in [0.717, 1.165) is 83.6 Å². The molecule has 0 radical (unpaired) electrons. The molecule has 0 unspecified atom stereocenters. The molecule has 0 amide bonds. The Kier molecular flexibility index (Phi) is 38.7. The molecule has 0 fully saturated rings. The molecule has 6 nitrogen and oxygen atoms in total.